The van der Waals surface area contributed by atoms with Crippen LogP contribution in [-0.4, -0.2) is 34.1 Å². The number of aromatic hydroxyl groups is 2. The Kier molecular flexibility index (Phi) is 4.84. The molecule has 26 heavy (non-hydrogen) atoms. The van der Waals surface area contributed by atoms with Crippen molar-refractivity contribution in [1.29, 1.82) is 0 Å². The number of phenolic OH excluding ortho intramolecular Hbond substituents is 2. The molecule has 0 aliphatic carbocycles. The number of benzene rings is 2. The quantitative estimate of drug-likeness (QED) is 0.668. The van der Waals surface area contributed by atoms with Gasteiger partial charge in [0.1, 0.15) is 23.6 Å². The molecule has 6 nitrogen and oxygen atoms in total. The molecule has 0 unspecified atom stereocenters. The minimum absolute atomic E-state index is 0.158. The highest BCUT2D eigenvalue weighted by Gasteiger charge is 2.33. The number of rotatable bonds is 4. The first-order valence-electron chi connectivity index (χ1n) is 8.51. The first-order valence-corrected chi connectivity index (χ1v) is 8.51. The predicted molar refractivity (Wildman–Crippen MR) is 97.0 cm³/mol. The zero-order valence-corrected chi connectivity index (χ0v) is 14.7. The second-order valence-corrected chi connectivity index (χ2v) is 6.78. The molecule has 0 bridgehead atoms. The van der Waals surface area contributed by atoms with Crippen LogP contribution in [0, 0.1) is 13.8 Å². The van der Waals surface area contributed by atoms with E-state index < -0.39 is 12.1 Å². The van der Waals surface area contributed by atoms with Gasteiger partial charge in [-0.05, 0) is 48.2 Å². The number of carbonyl (C=O) groups is 2. The molecule has 1 aliphatic heterocycles. The number of piperazine rings is 1. The summed E-state index contributed by atoms with van der Waals surface area (Å²) in [6.45, 7) is 3.61. The SMILES string of the molecule is Cc1cc(C[C@@H]2NC(=O)[C@H](Cc3ccc(O)cc3)NC2=O)cc(C)c1O. The monoisotopic (exact) mass is 354 g/mol. The minimum atomic E-state index is -0.637. The maximum Gasteiger partial charge on any atom is 0.243 e. The highest BCUT2D eigenvalue weighted by atomic mass is 16.3. The average molecular weight is 354 g/mol. The minimum Gasteiger partial charge on any atom is -0.508 e. The number of carbonyl (C=O) groups excluding carboxylic acids is 2. The van der Waals surface area contributed by atoms with Crippen LogP contribution in [0.5, 0.6) is 11.5 Å². The number of hydrogen-bond donors (Lipinski definition) is 4. The molecule has 3 rings (SSSR count). The lowest BCUT2D eigenvalue weighted by Crippen LogP contribution is -2.62. The molecule has 2 atom stereocenters. The molecule has 2 amide bonds. The zero-order valence-electron chi connectivity index (χ0n) is 14.7. The van der Waals surface area contributed by atoms with Crippen molar-refractivity contribution in [2.24, 2.45) is 0 Å². The van der Waals surface area contributed by atoms with E-state index in [1.807, 2.05) is 12.1 Å². The fourth-order valence-electron chi connectivity index (χ4n) is 3.23. The fraction of sp³-hybridized carbons (Fsp3) is 0.300. The Morgan fingerprint density at radius 3 is 1.77 bits per heavy atom. The molecule has 0 aromatic heterocycles. The van der Waals surface area contributed by atoms with Crippen molar-refractivity contribution in [2.75, 3.05) is 0 Å². The van der Waals surface area contributed by atoms with E-state index in [-0.39, 0.29) is 23.3 Å². The number of amides is 2. The van der Waals surface area contributed by atoms with Crippen molar-refractivity contribution in [3.63, 3.8) is 0 Å². The van der Waals surface area contributed by atoms with E-state index in [2.05, 4.69) is 10.6 Å². The number of aryl methyl sites for hydroxylation is 2. The van der Waals surface area contributed by atoms with Crippen LogP contribution >= 0.6 is 0 Å². The summed E-state index contributed by atoms with van der Waals surface area (Å²) < 4.78 is 0. The fourth-order valence-corrected chi connectivity index (χ4v) is 3.23. The summed E-state index contributed by atoms with van der Waals surface area (Å²) in [6.07, 6.45) is 0.730. The van der Waals surface area contributed by atoms with Crippen LogP contribution in [0.15, 0.2) is 36.4 Å². The molecule has 1 aliphatic rings. The van der Waals surface area contributed by atoms with Gasteiger partial charge in [0.15, 0.2) is 0 Å². The number of hydrogen-bond acceptors (Lipinski definition) is 4. The van der Waals surface area contributed by atoms with Gasteiger partial charge >= 0.3 is 0 Å². The van der Waals surface area contributed by atoms with Gasteiger partial charge in [-0.3, -0.25) is 9.59 Å². The molecular weight excluding hydrogens is 332 g/mol. The van der Waals surface area contributed by atoms with Gasteiger partial charge in [0.25, 0.3) is 0 Å². The second-order valence-electron chi connectivity index (χ2n) is 6.78. The van der Waals surface area contributed by atoms with Crippen LogP contribution in [0.3, 0.4) is 0 Å². The van der Waals surface area contributed by atoms with E-state index in [1.165, 1.54) is 0 Å². The van der Waals surface area contributed by atoms with Gasteiger partial charge in [-0.2, -0.15) is 0 Å². The summed E-state index contributed by atoms with van der Waals surface area (Å²) in [5.74, 6) is -0.0445. The Balaban J connectivity index is 1.67. The number of phenols is 2. The molecule has 1 heterocycles. The Labute approximate surface area is 151 Å². The van der Waals surface area contributed by atoms with E-state index >= 15 is 0 Å². The molecule has 0 saturated carbocycles. The lowest BCUT2D eigenvalue weighted by atomic mass is 9.96. The summed E-state index contributed by atoms with van der Waals surface area (Å²) in [5.41, 5.74) is 3.22. The third-order valence-corrected chi connectivity index (χ3v) is 4.63. The maximum absolute atomic E-state index is 12.4. The van der Waals surface area contributed by atoms with Crippen molar-refractivity contribution >= 4 is 11.8 Å². The van der Waals surface area contributed by atoms with Gasteiger partial charge < -0.3 is 20.8 Å². The van der Waals surface area contributed by atoms with Gasteiger partial charge in [0.2, 0.25) is 11.8 Å². The van der Waals surface area contributed by atoms with Gasteiger partial charge in [0, 0.05) is 12.8 Å². The molecule has 136 valence electrons. The van der Waals surface area contributed by atoms with E-state index in [0.717, 1.165) is 22.3 Å². The number of nitrogens with one attached hydrogen (secondary N) is 2. The average Bonchev–Trinajstić information content (AvgIpc) is 2.59. The van der Waals surface area contributed by atoms with Crippen LogP contribution < -0.4 is 10.6 Å². The highest BCUT2D eigenvalue weighted by Crippen LogP contribution is 2.24. The van der Waals surface area contributed by atoms with Gasteiger partial charge in [-0.15, -0.1) is 0 Å². The molecule has 4 N–H and O–H groups in total. The third-order valence-electron chi connectivity index (χ3n) is 4.63. The summed E-state index contributed by atoms with van der Waals surface area (Å²) in [7, 11) is 0. The maximum atomic E-state index is 12.4. The second kappa shape index (κ2) is 7.07. The smallest absolute Gasteiger partial charge is 0.243 e. The predicted octanol–water partition coefficient (Wildman–Crippen LogP) is 1.48. The van der Waals surface area contributed by atoms with Crippen molar-refractivity contribution in [3.05, 3.63) is 58.7 Å². The Morgan fingerprint density at radius 1 is 0.808 bits per heavy atom. The van der Waals surface area contributed by atoms with Crippen molar-refractivity contribution in [2.45, 2.75) is 38.8 Å². The van der Waals surface area contributed by atoms with Crippen LogP contribution in [0.1, 0.15) is 22.3 Å². The van der Waals surface area contributed by atoms with Gasteiger partial charge in [-0.25, -0.2) is 0 Å². The largest absolute Gasteiger partial charge is 0.508 e. The van der Waals surface area contributed by atoms with Crippen LogP contribution in [0.2, 0.25) is 0 Å². The highest BCUT2D eigenvalue weighted by molar-refractivity contribution is 5.97. The Hall–Kier alpha value is -3.02. The van der Waals surface area contributed by atoms with Crippen molar-refractivity contribution < 1.29 is 19.8 Å². The van der Waals surface area contributed by atoms with Gasteiger partial charge in [-0.1, -0.05) is 24.3 Å². The molecule has 6 heteroatoms. The van der Waals surface area contributed by atoms with E-state index in [4.69, 9.17) is 0 Å². The van der Waals surface area contributed by atoms with Crippen molar-refractivity contribution in [1.82, 2.24) is 10.6 Å². The summed E-state index contributed by atoms with van der Waals surface area (Å²) in [6, 6.07) is 8.93. The molecule has 1 fully saturated rings. The molecule has 0 radical (unpaired) electrons. The molecule has 2 aromatic carbocycles. The van der Waals surface area contributed by atoms with Crippen molar-refractivity contribution in [3.8, 4) is 11.5 Å². The first-order chi connectivity index (χ1) is 12.3. The molecule has 2 aromatic rings. The molecule has 0 spiro atoms. The summed E-state index contributed by atoms with van der Waals surface area (Å²) in [4.78, 5) is 24.8. The van der Waals surface area contributed by atoms with Crippen LogP contribution in [-0.2, 0) is 22.4 Å². The summed E-state index contributed by atoms with van der Waals surface area (Å²) >= 11 is 0. The topological polar surface area (TPSA) is 98.7 Å². The summed E-state index contributed by atoms with van der Waals surface area (Å²) in [5, 5.41) is 24.7. The zero-order chi connectivity index (χ0) is 18.8. The molecular formula is C20H22N2O4. The van der Waals surface area contributed by atoms with E-state index in [1.54, 1.807) is 38.1 Å². The van der Waals surface area contributed by atoms with E-state index in [0.29, 0.717) is 12.8 Å². The lowest BCUT2D eigenvalue weighted by molar-refractivity contribution is -0.136. The normalized spacial score (nSPS) is 19.8. The first kappa shape index (κ1) is 17.8. The standard InChI is InChI=1S/C20H22N2O4/c1-11-7-14(8-12(2)18(11)24)10-17-20(26)21-16(19(25)22-17)9-13-3-5-15(23)6-4-13/h3-8,16-17,23-24H,9-10H2,1-2H3,(H,21,26)(H,22,25)/t16-,17-/m0/s1. The molecule has 1 saturated heterocycles. The third kappa shape index (κ3) is 3.79. The Morgan fingerprint density at radius 2 is 1.27 bits per heavy atom. The van der Waals surface area contributed by atoms with E-state index in [9.17, 15) is 19.8 Å². The van der Waals surface area contributed by atoms with Crippen LogP contribution in [0.25, 0.3) is 0 Å². The van der Waals surface area contributed by atoms with Crippen LogP contribution in [0.4, 0.5) is 0 Å². The Bertz CT molecular complexity index is 822. The lowest BCUT2D eigenvalue weighted by Gasteiger charge is -2.30. The van der Waals surface area contributed by atoms with Gasteiger partial charge in [0.05, 0.1) is 0 Å².